The zero-order valence-electron chi connectivity index (χ0n) is 13.7. The van der Waals surface area contributed by atoms with Gasteiger partial charge in [0.25, 0.3) is 0 Å². The second-order valence-electron chi connectivity index (χ2n) is 4.96. The molecular weight excluding hydrogens is 292 g/mol. The van der Waals surface area contributed by atoms with E-state index in [-0.39, 0.29) is 5.57 Å². The van der Waals surface area contributed by atoms with Crippen LogP contribution in [0.3, 0.4) is 0 Å². The molecule has 0 aromatic heterocycles. The van der Waals surface area contributed by atoms with Crippen LogP contribution in [0.1, 0.15) is 38.7 Å². The number of rotatable bonds is 7. The van der Waals surface area contributed by atoms with Crippen LogP contribution >= 0.6 is 0 Å². The van der Waals surface area contributed by atoms with Crippen LogP contribution in [-0.2, 0) is 9.59 Å². The van der Waals surface area contributed by atoms with Crippen LogP contribution in [0, 0.1) is 0 Å². The third-order valence-corrected chi connectivity index (χ3v) is 2.83. The molecule has 0 heterocycles. The molecule has 4 nitrogen and oxygen atoms in total. The van der Waals surface area contributed by atoms with E-state index in [1.807, 2.05) is 36.4 Å². The van der Waals surface area contributed by atoms with Crippen molar-refractivity contribution in [3.05, 3.63) is 65.8 Å². The van der Waals surface area contributed by atoms with Crippen LogP contribution in [0.25, 0.3) is 6.08 Å². The second kappa shape index (κ2) is 12.0. The summed E-state index contributed by atoms with van der Waals surface area (Å²) in [6, 6.07) is 9.84. The Bertz CT molecular complexity index is 556. The second-order valence-corrected chi connectivity index (χ2v) is 4.96. The first kappa shape index (κ1) is 20.4. The highest BCUT2D eigenvalue weighted by Gasteiger charge is 2.04. The number of hydrogen-bond donors (Lipinski definition) is 2. The van der Waals surface area contributed by atoms with Crippen molar-refractivity contribution in [3.8, 4) is 0 Å². The van der Waals surface area contributed by atoms with Crippen molar-refractivity contribution in [2.45, 2.75) is 33.1 Å². The van der Waals surface area contributed by atoms with Crippen LogP contribution in [0.15, 0.2) is 60.2 Å². The highest BCUT2D eigenvalue weighted by Crippen LogP contribution is 2.09. The lowest BCUT2D eigenvalue weighted by atomic mass is 10.1. The summed E-state index contributed by atoms with van der Waals surface area (Å²) in [5, 5.41) is 16.9. The Morgan fingerprint density at radius 2 is 1.70 bits per heavy atom. The zero-order chi connectivity index (χ0) is 17.7. The molecule has 0 atom stereocenters. The number of carbonyl (C=O) groups is 2. The number of aliphatic carboxylic acids is 2. The summed E-state index contributed by atoms with van der Waals surface area (Å²) in [5.41, 5.74) is 1.72. The van der Waals surface area contributed by atoms with E-state index in [4.69, 9.17) is 10.2 Å². The third kappa shape index (κ3) is 10.7. The van der Waals surface area contributed by atoms with E-state index in [9.17, 15) is 9.59 Å². The number of carboxylic acids is 2. The van der Waals surface area contributed by atoms with Gasteiger partial charge in [0.1, 0.15) is 0 Å². The summed E-state index contributed by atoms with van der Waals surface area (Å²) in [5.74, 6) is -1.76. The van der Waals surface area contributed by atoms with Crippen LogP contribution < -0.4 is 0 Å². The molecule has 1 aromatic rings. The lowest BCUT2D eigenvalue weighted by Crippen LogP contribution is -1.99. The molecule has 2 N–H and O–H groups in total. The molecule has 0 aliphatic carbocycles. The fourth-order valence-electron chi connectivity index (χ4n) is 1.47. The summed E-state index contributed by atoms with van der Waals surface area (Å²) < 4.78 is 0. The Balaban J connectivity index is 0.000000688. The van der Waals surface area contributed by atoms with Crippen LogP contribution in [0.5, 0.6) is 0 Å². The van der Waals surface area contributed by atoms with Gasteiger partial charge in [-0.25, -0.2) is 9.59 Å². The number of carboxylic acid groups (broad SMARTS) is 2. The van der Waals surface area contributed by atoms with Gasteiger partial charge in [-0.1, -0.05) is 68.5 Å². The van der Waals surface area contributed by atoms with Crippen molar-refractivity contribution >= 4 is 18.0 Å². The van der Waals surface area contributed by atoms with Gasteiger partial charge in [-0.05, 0) is 25.3 Å². The minimum absolute atomic E-state index is 0.176. The molecular formula is C19H24O4. The van der Waals surface area contributed by atoms with E-state index in [1.165, 1.54) is 6.92 Å². The molecule has 0 aliphatic rings. The molecule has 1 rings (SSSR count). The lowest BCUT2D eigenvalue weighted by Gasteiger charge is -1.98. The molecule has 0 fully saturated rings. The van der Waals surface area contributed by atoms with E-state index < -0.39 is 11.9 Å². The summed E-state index contributed by atoms with van der Waals surface area (Å²) >= 11 is 0. The Morgan fingerprint density at radius 3 is 2.13 bits per heavy atom. The smallest absolute Gasteiger partial charge is 0.331 e. The first-order valence-corrected chi connectivity index (χ1v) is 7.42. The van der Waals surface area contributed by atoms with Gasteiger partial charge in [0, 0.05) is 11.1 Å². The molecule has 0 amide bonds. The Kier molecular flexibility index (Phi) is 10.6. The monoisotopic (exact) mass is 316 g/mol. The van der Waals surface area contributed by atoms with Crippen molar-refractivity contribution in [1.82, 2.24) is 0 Å². The highest BCUT2D eigenvalue weighted by atomic mass is 16.4. The standard InChI is InChI=1S/C15H18O2.C4H6O2/c1-2-3-11-14(15(16)17)12-7-10-13-8-5-4-6-9-13;1-3(2)4(5)6/h4-10,12H,2-3,11H2,1H3,(H,16,17);1H2,2H3,(H,5,6). The average molecular weight is 316 g/mol. The molecule has 124 valence electrons. The van der Waals surface area contributed by atoms with E-state index >= 15 is 0 Å². The summed E-state index contributed by atoms with van der Waals surface area (Å²) in [6.07, 6.45) is 7.95. The largest absolute Gasteiger partial charge is 0.478 e. The molecule has 4 heteroatoms. The number of benzene rings is 1. The van der Waals surface area contributed by atoms with Crippen molar-refractivity contribution in [2.24, 2.45) is 0 Å². The van der Waals surface area contributed by atoms with Gasteiger partial charge in [0.05, 0.1) is 0 Å². The maximum absolute atomic E-state index is 10.9. The van der Waals surface area contributed by atoms with Gasteiger partial charge in [-0.3, -0.25) is 0 Å². The predicted molar refractivity (Wildman–Crippen MR) is 93.2 cm³/mol. The first-order valence-electron chi connectivity index (χ1n) is 7.42. The molecule has 0 saturated carbocycles. The zero-order valence-corrected chi connectivity index (χ0v) is 13.7. The Labute approximate surface area is 137 Å². The number of allylic oxidation sites excluding steroid dienone is 2. The topological polar surface area (TPSA) is 74.6 Å². The highest BCUT2D eigenvalue weighted by molar-refractivity contribution is 5.87. The molecule has 0 bridgehead atoms. The fraction of sp³-hybridized carbons (Fsp3) is 0.263. The van der Waals surface area contributed by atoms with E-state index in [0.717, 1.165) is 18.4 Å². The van der Waals surface area contributed by atoms with Gasteiger partial charge in [-0.2, -0.15) is 0 Å². The normalized spacial score (nSPS) is 10.8. The molecule has 0 saturated heterocycles. The van der Waals surface area contributed by atoms with Gasteiger partial charge in [0.15, 0.2) is 0 Å². The van der Waals surface area contributed by atoms with Gasteiger partial charge in [-0.15, -0.1) is 0 Å². The number of hydrogen-bond acceptors (Lipinski definition) is 2. The molecule has 0 radical (unpaired) electrons. The van der Waals surface area contributed by atoms with Crippen molar-refractivity contribution in [2.75, 3.05) is 0 Å². The quantitative estimate of drug-likeness (QED) is 0.571. The minimum atomic E-state index is -0.935. The molecule has 0 aliphatic heterocycles. The van der Waals surface area contributed by atoms with Crippen LogP contribution in [0.2, 0.25) is 0 Å². The summed E-state index contributed by atoms with van der Waals surface area (Å²) in [4.78, 5) is 20.5. The maximum atomic E-state index is 10.9. The summed E-state index contributed by atoms with van der Waals surface area (Å²) in [7, 11) is 0. The van der Waals surface area contributed by atoms with Gasteiger partial charge >= 0.3 is 11.9 Å². The van der Waals surface area contributed by atoms with Crippen molar-refractivity contribution in [1.29, 1.82) is 0 Å². The fourth-order valence-corrected chi connectivity index (χ4v) is 1.47. The lowest BCUT2D eigenvalue weighted by molar-refractivity contribution is -0.133. The van der Waals surface area contributed by atoms with Crippen LogP contribution in [0.4, 0.5) is 0 Å². The molecule has 0 unspecified atom stereocenters. The van der Waals surface area contributed by atoms with Crippen molar-refractivity contribution in [3.63, 3.8) is 0 Å². The predicted octanol–water partition coefficient (Wildman–Crippen LogP) is 4.55. The molecule has 1 aromatic carbocycles. The Morgan fingerprint density at radius 1 is 1.13 bits per heavy atom. The maximum Gasteiger partial charge on any atom is 0.331 e. The summed E-state index contributed by atoms with van der Waals surface area (Å²) in [6.45, 7) is 6.66. The third-order valence-electron chi connectivity index (χ3n) is 2.83. The SMILES string of the molecule is C=C(C)C(=O)O.CCCCC(=CC=Cc1ccccc1)C(=O)O. The van der Waals surface area contributed by atoms with Gasteiger partial charge in [0.2, 0.25) is 0 Å². The number of unbranched alkanes of at least 4 members (excludes halogenated alkanes) is 1. The van der Waals surface area contributed by atoms with Crippen molar-refractivity contribution < 1.29 is 19.8 Å². The van der Waals surface area contributed by atoms with Crippen LogP contribution in [-0.4, -0.2) is 22.2 Å². The van der Waals surface area contributed by atoms with Gasteiger partial charge < -0.3 is 10.2 Å². The first-order chi connectivity index (χ1) is 10.9. The Hall–Kier alpha value is -2.62. The van der Waals surface area contributed by atoms with E-state index in [2.05, 4.69) is 13.5 Å². The molecule has 0 spiro atoms. The average Bonchev–Trinajstić information content (AvgIpc) is 2.51. The minimum Gasteiger partial charge on any atom is -0.478 e. The van der Waals surface area contributed by atoms with E-state index in [0.29, 0.717) is 12.0 Å². The van der Waals surface area contributed by atoms with E-state index in [1.54, 1.807) is 12.2 Å². The molecule has 23 heavy (non-hydrogen) atoms.